The molecule has 1 fully saturated rings. The SMILES string of the molecule is CN=C(NCC(C)(C)c1ccc(Cl)cc1)N1CCN(c2ncccn2)CC1.I. The molecule has 1 saturated heterocycles. The number of anilines is 1. The number of benzene rings is 1. The number of guanidine groups is 1. The Balaban J connectivity index is 0.00000280. The molecule has 1 aromatic heterocycles. The Hall–Kier alpha value is -1.61. The summed E-state index contributed by atoms with van der Waals surface area (Å²) in [4.78, 5) is 17.7. The number of halogens is 2. The van der Waals surface area contributed by atoms with Crippen molar-refractivity contribution in [3.63, 3.8) is 0 Å². The summed E-state index contributed by atoms with van der Waals surface area (Å²) in [5.41, 5.74) is 1.22. The fourth-order valence-corrected chi connectivity index (χ4v) is 3.33. The van der Waals surface area contributed by atoms with Crippen molar-refractivity contribution in [3.05, 3.63) is 53.3 Å². The third-order valence-corrected chi connectivity index (χ3v) is 5.19. The predicted molar refractivity (Wildman–Crippen MR) is 127 cm³/mol. The van der Waals surface area contributed by atoms with Gasteiger partial charge in [-0.05, 0) is 23.8 Å². The van der Waals surface area contributed by atoms with Crippen LogP contribution in [0.5, 0.6) is 0 Å². The van der Waals surface area contributed by atoms with Gasteiger partial charge in [0.2, 0.25) is 5.95 Å². The second-order valence-corrected chi connectivity index (χ2v) is 7.75. The quantitative estimate of drug-likeness (QED) is 0.385. The van der Waals surface area contributed by atoms with Gasteiger partial charge in [0.15, 0.2) is 5.96 Å². The van der Waals surface area contributed by atoms with E-state index in [1.54, 1.807) is 12.4 Å². The first-order chi connectivity index (χ1) is 13.0. The molecule has 8 heteroatoms. The molecular weight excluding hydrogens is 487 g/mol. The monoisotopic (exact) mass is 514 g/mol. The zero-order chi connectivity index (χ0) is 19.3. The highest BCUT2D eigenvalue weighted by atomic mass is 127. The molecule has 152 valence electrons. The Kier molecular flexibility index (Phi) is 8.30. The van der Waals surface area contributed by atoms with E-state index in [1.807, 2.05) is 25.2 Å². The number of hydrogen-bond donors (Lipinski definition) is 1. The first-order valence-electron chi connectivity index (χ1n) is 9.23. The highest BCUT2D eigenvalue weighted by molar-refractivity contribution is 14.0. The molecule has 1 aromatic carbocycles. The maximum absolute atomic E-state index is 6.02. The molecule has 0 amide bonds. The van der Waals surface area contributed by atoms with E-state index in [2.05, 4.69) is 56.1 Å². The van der Waals surface area contributed by atoms with Gasteiger partial charge >= 0.3 is 0 Å². The summed E-state index contributed by atoms with van der Waals surface area (Å²) in [6, 6.07) is 9.90. The van der Waals surface area contributed by atoms with Crippen LogP contribution >= 0.6 is 35.6 Å². The van der Waals surface area contributed by atoms with E-state index in [0.29, 0.717) is 0 Å². The van der Waals surface area contributed by atoms with Gasteiger partial charge < -0.3 is 15.1 Å². The van der Waals surface area contributed by atoms with Crippen LogP contribution < -0.4 is 10.2 Å². The zero-order valence-corrected chi connectivity index (χ0v) is 19.7. The van der Waals surface area contributed by atoms with Crippen LogP contribution in [0, 0.1) is 0 Å². The Morgan fingerprint density at radius 2 is 1.71 bits per heavy atom. The van der Waals surface area contributed by atoms with Crippen molar-refractivity contribution in [1.29, 1.82) is 0 Å². The molecule has 0 atom stereocenters. The summed E-state index contributed by atoms with van der Waals surface area (Å²) in [5, 5.41) is 4.30. The Morgan fingerprint density at radius 3 is 2.29 bits per heavy atom. The van der Waals surface area contributed by atoms with Crippen molar-refractivity contribution in [1.82, 2.24) is 20.2 Å². The van der Waals surface area contributed by atoms with E-state index < -0.39 is 0 Å². The average molecular weight is 515 g/mol. The van der Waals surface area contributed by atoms with Gasteiger partial charge in [0.05, 0.1) is 0 Å². The lowest BCUT2D eigenvalue weighted by Gasteiger charge is -2.37. The third-order valence-electron chi connectivity index (χ3n) is 4.94. The summed E-state index contributed by atoms with van der Waals surface area (Å²) >= 11 is 6.02. The molecule has 0 bridgehead atoms. The summed E-state index contributed by atoms with van der Waals surface area (Å²) in [5.74, 6) is 1.73. The minimum absolute atomic E-state index is 0. The first-order valence-corrected chi connectivity index (χ1v) is 9.61. The van der Waals surface area contributed by atoms with Gasteiger partial charge in [0, 0.05) is 62.6 Å². The van der Waals surface area contributed by atoms with E-state index in [1.165, 1.54) is 5.56 Å². The topological polar surface area (TPSA) is 56.7 Å². The summed E-state index contributed by atoms with van der Waals surface area (Å²) in [6.07, 6.45) is 3.57. The van der Waals surface area contributed by atoms with Gasteiger partial charge in [-0.25, -0.2) is 9.97 Å². The molecule has 28 heavy (non-hydrogen) atoms. The Bertz CT molecular complexity index is 758. The van der Waals surface area contributed by atoms with Crippen LogP contribution in [0.2, 0.25) is 5.02 Å². The number of nitrogens with zero attached hydrogens (tertiary/aromatic N) is 5. The van der Waals surface area contributed by atoms with Crippen molar-refractivity contribution in [2.75, 3.05) is 44.7 Å². The van der Waals surface area contributed by atoms with Crippen LogP contribution in [0.15, 0.2) is 47.7 Å². The van der Waals surface area contributed by atoms with E-state index in [4.69, 9.17) is 11.6 Å². The number of aliphatic imine (C=N–C) groups is 1. The van der Waals surface area contributed by atoms with Gasteiger partial charge in [-0.2, -0.15) is 0 Å². The smallest absolute Gasteiger partial charge is 0.225 e. The lowest BCUT2D eigenvalue weighted by Crippen LogP contribution is -2.54. The molecule has 1 aliphatic rings. The van der Waals surface area contributed by atoms with Crippen LogP contribution in [-0.2, 0) is 5.41 Å². The van der Waals surface area contributed by atoms with E-state index >= 15 is 0 Å². The molecule has 0 radical (unpaired) electrons. The van der Waals surface area contributed by atoms with E-state index in [-0.39, 0.29) is 29.4 Å². The van der Waals surface area contributed by atoms with Gasteiger partial charge in [0.25, 0.3) is 0 Å². The fraction of sp³-hybridized carbons (Fsp3) is 0.450. The van der Waals surface area contributed by atoms with Crippen molar-refractivity contribution in [2.45, 2.75) is 19.3 Å². The second kappa shape index (κ2) is 10.2. The van der Waals surface area contributed by atoms with Crippen molar-refractivity contribution in [3.8, 4) is 0 Å². The summed E-state index contributed by atoms with van der Waals surface area (Å²) < 4.78 is 0. The molecule has 0 saturated carbocycles. The number of aromatic nitrogens is 2. The van der Waals surface area contributed by atoms with Gasteiger partial charge in [0.1, 0.15) is 0 Å². The van der Waals surface area contributed by atoms with Crippen molar-refractivity contribution < 1.29 is 0 Å². The lowest BCUT2D eigenvalue weighted by atomic mass is 9.84. The van der Waals surface area contributed by atoms with E-state index in [9.17, 15) is 0 Å². The molecule has 2 aromatic rings. The minimum Gasteiger partial charge on any atom is -0.355 e. The number of nitrogens with one attached hydrogen (secondary N) is 1. The molecule has 0 unspecified atom stereocenters. The fourth-order valence-electron chi connectivity index (χ4n) is 3.21. The third kappa shape index (κ3) is 5.70. The van der Waals surface area contributed by atoms with Crippen molar-refractivity contribution in [2.24, 2.45) is 4.99 Å². The zero-order valence-electron chi connectivity index (χ0n) is 16.6. The van der Waals surface area contributed by atoms with E-state index in [0.717, 1.165) is 49.7 Å². The number of hydrogen-bond acceptors (Lipinski definition) is 4. The predicted octanol–water partition coefficient (Wildman–Crippen LogP) is 3.42. The largest absolute Gasteiger partial charge is 0.355 e. The average Bonchev–Trinajstić information content (AvgIpc) is 2.70. The molecule has 3 rings (SSSR count). The highest BCUT2D eigenvalue weighted by Gasteiger charge is 2.24. The molecule has 0 aliphatic carbocycles. The highest BCUT2D eigenvalue weighted by Crippen LogP contribution is 2.24. The minimum atomic E-state index is -0.0275. The Morgan fingerprint density at radius 1 is 1.11 bits per heavy atom. The molecule has 2 heterocycles. The van der Waals surface area contributed by atoms with Crippen LogP contribution in [-0.4, -0.2) is 60.6 Å². The Labute approximate surface area is 189 Å². The van der Waals surface area contributed by atoms with Gasteiger partial charge in [-0.1, -0.05) is 37.6 Å². The van der Waals surface area contributed by atoms with Gasteiger partial charge in [-0.3, -0.25) is 4.99 Å². The summed E-state index contributed by atoms with van der Waals surface area (Å²) in [6.45, 7) is 8.78. The van der Waals surface area contributed by atoms with Crippen LogP contribution in [0.3, 0.4) is 0 Å². The molecule has 1 aliphatic heterocycles. The first kappa shape index (κ1) is 22.7. The standard InChI is InChI=1S/C20H27ClN6.HI/c1-20(2,16-5-7-17(21)8-6-16)15-25-18(22-3)26-11-13-27(14-12-26)19-23-9-4-10-24-19;/h4-10H,11-15H2,1-3H3,(H,22,25);1H. The summed E-state index contributed by atoms with van der Waals surface area (Å²) in [7, 11) is 1.84. The number of rotatable bonds is 4. The van der Waals surface area contributed by atoms with Crippen LogP contribution in [0.25, 0.3) is 0 Å². The normalized spacial score (nSPS) is 15.2. The second-order valence-electron chi connectivity index (χ2n) is 7.31. The van der Waals surface area contributed by atoms with Gasteiger partial charge in [-0.15, -0.1) is 24.0 Å². The maximum Gasteiger partial charge on any atom is 0.225 e. The molecular formula is C20H28ClIN6. The number of piperazine rings is 1. The molecule has 6 nitrogen and oxygen atoms in total. The molecule has 1 N–H and O–H groups in total. The molecule has 0 spiro atoms. The van der Waals surface area contributed by atoms with Crippen LogP contribution in [0.4, 0.5) is 5.95 Å². The van der Waals surface area contributed by atoms with Crippen molar-refractivity contribution >= 4 is 47.5 Å². The lowest BCUT2D eigenvalue weighted by molar-refractivity contribution is 0.364. The maximum atomic E-state index is 6.02. The van der Waals surface area contributed by atoms with Crippen LogP contribution in [0.1, 0.15) is 19.4 Å².